The topological polar surface area (TPSA) is 33.7 Å². The lowest BCUT2D eigenvalue weighted by Gasteiger charge is -2.38. The molecule has 1 unspecified atom stereocenters. The number of hydrogen-bond donors (Lipinski definition) is 1. The first kappa shape index (κ1) is 12.5. The molecule has 0 bridgehead atoms. The molecule has 1 aromatic rings. The van der Waals surface area contributed by atoms with Crippen LogP contribution in [-0.4, -0.2) is 44.3 Å². The standard InChI is InChI=1S/C16H22N2O2/c1-2-12-10-15-16(20-9-8-19-15)11-13(12)14(3-1)18-6-4-17-5-7-18/h10-11,14,17H,1-9H2. The maximum Gasteiger partial charge on any atom is 0.161 e. The molecule has 0 spiro atoms. The maximum atomic E-state index is 5.77. The van der Waals surface area contributed by atoms with Crippen LogP contribution < -0.4 is 14.8 Å². The van der Waals surface area contributed by atoms with Crippen LogP contribution in [0.4, 0.5) is 0 Å². The zero-order valence-corrected chi connectivity index (χ0v) is 11.9. The number of benzene rings is 1. The van der Waals surface area contributed by atoms with E-state index in [0.717, 1.165) is 37.7 Å². The van der Waals surface area contributed by atoms with Gasteiger partial charge in [0, 0.05) is 32.2 Å². The highest BCUT2D eigenvalue weighted by Crippen LogP contribution is 2.41. The molecule has 2 aliphatic heterocycles. The van der Waals surface area contributed by atoms with Crippen molar-refractivity contribution in [3.05, 3.63) is 23.3 Å². The first-order chi connectivity index (χ1) is 9.92. The summed E-state index contributed by atoms with van der Waals surface area (Å²) in [5, 5.41) is 3.44. The molecule has 0 radical (unpaired) electrons. The molecule has 1 aromatic carbocycles. The Morgan fingerprint density at radius 2 is 1.80 bits per heavy atom. The molecule has 1 fully saturated rings. The van der Waals surface area contributed by atoms with Gasteiger partial charge in [0.2, 0.25) is 0 Å². The van der Waals surface area contributed by atoms with Gasteiger partial charge in [-0.3, -0.25) is 4.90 Å². The van der Waals surface area contributed by atoms with Gasteiger partial charge in [0.25, 0.3) is 0 Å². The van der Waals surface area contributed by atoms with Crippen molar-refractivity contribution in [3.8, 4) is 11.5 Å². The molecule has 4 heteroatoms. The van der Waals surface area contributed by atoms with E-state index in [2.05, 4.69) is 22.3 Å². The van der Waals surface area contributed by atoms with Crippen LogP contribution in [0.3, 0.4) is 0 Å². The smallest absolute Gasteiger partial charge is 0.161 e. The molecule has 0 amide bonds. The zero-order valence-electron chi connectivity index (χ0n) is 11.9. The van der Waals surface area contributed by atoms with Crippen molar-refractivity contribution < 1.29 is 9.47 Å². The summed E-state index contributed by atoms with van der Waals surface area (Å²) in [6, 6.07) is 5.03. The van der Waals surface area contributed by atoms with E-state index < -0.39 is 0 Å². The number of rotatable bonds is 1. The first-order valence-corrected chi connectivity index (χ1v) is 7.79. The molecule has 4 nitrogen and oxygen atoms in total. The number of ether oxygens (including phenoxy) is 2. The van der Waals surface area contributed by atoms with Crippen molar-refractivity contribution in [1.29, 1.82) is 0 Å². The van der Waals surface area contributed by atoms with Gasteiger partial charge in [-0.1, -0.05) is 0 Å². The van der Waals surface area contributed by atoms with Crippen LogP contribution in [0.15, 0.2) is 12.1 Å². The van der Waals surface area contributed by atoms with Crippen molar-refractivity contribution >= 4 is 0 Å². The summed E-state index contributed by atoms with van der Waals surface area (Å²) in [6.07, 6.45) is 3.72. The van der Waals surface area contributed by atoms with Gasteiger partial charge in [0.1, 0.15) is 13.2 Å². The van der Waals surface area contributed by atoms with Crippen LogP contribution in [0, 0.1) is 0 Å². The van der Waals surface area contributed by atoms with Crippen LogP contribution in [0.5, 0.6) is 11.5 Å². The van der Waals surface area contributed by atoms with E-state index >= 15 is 0 Å². The average molecular weight is 274 g/mol. The molecular formula is C16H22N2O2. The van der Waals surface area contributed by atoms with Crippen molar-refractivity contribution in [2.24, 2.45) is 0 Å². The van der Waals surface area contributed by atoms with Gasteiger partial charge in [-0.25, -0.2) is 0 Å². The molecule has 0 saturated carbocycles. The maximum absolute atomic E-state index is 5.77. The fourth-order valence-electron chi connectivity index (χ4n) is 3.69. The Morgan fingerprint density at radius 1 is 1.05 bits per heavy atom. The summed E-state index contributed by atoms with van der Waals surface area (Å²) in [7, 11) is 0. The van der Waals surface area contributed by atoms with Crippen LogP contribution in [0.1, 0.15) is 30.0 Å². The molecular weight excluding hydrogens is 252 g/mol. The monoisotopic (exact) mass is 274 g/mol. The molecule has 0 aromatic heterocycles. The second-order valence-corrected chi connectivity index (χ2v) is 5.89. The Bertz CT molecular complexity index is 497. The predicted molar refractivity (Wildman–Crippen MR) is 77.6 cm³/mol. The molecule has 2 heterocycles. The number of nitrogens with one attached hydrogen (secondary N) is 1. The highest BCUT2D eigenvalue weighted by molar-refractivity contribution is 5.50. The average Bonchev–Trinajstić information content (AvgIpc) is 2.53. The SMILES string of the molecule is c1c2c(cc3c1OCCO3)C(N1CCNCC1)CCC2. The lowest BCUT2D eigenvalue weighted by atomic mass is 9.86. The first-order valence-electron chi connectivity index (χ1n) is 7.79. The second kappa shape index (κ2) is 5.26. The van der Waals surface area contributed by atoms with E-state index in [9.17, 15) is 0 Å². The third-order valence-electron chi connectivity index (χ3n) is 4.68. The Morgan fingerprint density at radius 3 is 2.60 bits per heavy atom. The fourth-order valence-corrected chi connectivity index (χ4v) is 3.69. The van der Waals surface area contributed by atoms with Gasteiger partial charge >= 0.3 is 0 Å². The minimum absolute atomic E-state index is 0.566. The molecule has 1 aliphatic carbocycles. The Kier molecular flexibility index (Phi) is 3.28. The Balaban J connectivity index is 1.68. The predicted octanol–water partition coefficient (Wildman–Crippen LogP) is 1.74. The van der Waals surface area contributed by atoms with E-state index in [1.165, 1.54) is 30.4 Å². The largest absolute Gasteiger partial charge is 0.486 e. The number of piperazine rings is 1. The zero-order chi connectivity index (χ0) is 13.4. The number of hydrogen-bond acceptors (Lipinski definition) is 4. The van der Waals surface area contributed by atoms with Crippen LogP contribution >= 0.6 is 0 Å². The molecule has 1 saturated heterocycles. The van der Waals surface area contributed by atoms with Crippen molar-refractivity contribution in [3.63, 3.8) is 0 Å². The summed E-state index contributed by atoms with van der Waals surface area (Å²) in [5.41, 5.74) is 2.94. The van der Waals surface area contributed by atoms with Gasteiger partial charge in [0.05, 0.1) is 0 Å². The minimum atomic E-state index is 0.566. The number of aryl methyl sites for hydroxylation is 1. The van der Waals surface area contributed by atoms with Crippen molar-refractivity contribution in [2.45, 2.75) is 25.3 Å². The fraction of sp³-hybridized carbons (Fsp3) is 0.625. The summed E-state index contributed by atoms with van der Waals surface area (Å²) in [4.78, 5) is 2.63. The van der Waals surface area contributed by atoms with Gasteiger partial charge < -0.3 is 14.8 Å². The molecule has 1 N–H and O–H groups in total. The number of fused-ring (bicyclic) bond motifs is 2. The summed E-state index contributed by atoms with van der Waals surface area (Å²) in [6.45, 7) is 5.86. The lowest BCUT2D eigenvalue weighted by Crippen LogP contribution is -2.45. The molecule has 3 aliphatic rings. The summed E-state index contributed by atoms with van der Waals surface area (Å²) in [5.74, 6) is 1.88. The van der Waals surface area contributed by atoms with Crippen LogP contribution in [0.2, 0.25) is 0 Å². The highest BCUT2D eigenvalue weighted by Gasteiger charge is 2.29. The van der Waals surface area contributed by atoms with Crippen molar-refractivity contribution in [1.82, 2.24) is 10.2 Å². The highest BCUT2D eigenvalue weighted by atomic mass is 16.6. The Hall–Kier alpha value is -1.26. The van der Waals surface area contributed by atoms with E-state index in [-0.39, 0.29) is 0 Å². The third kappa shape index (κ3) is 2.17. The Labute approximate surface area is 120 Å². The lowest BCUT2D eigenvalue weighted by molar-refractivity contribution is 0.153. The van der Waals surface area contributed by atoms with Crippen molar-refractivity contribution in [2.75, 3.05) is 39.4 Å². The van der Waals surface area contributed by atoms with Gasteiger partial charge in [-0.05, 0) is 42.5 Å². The second-order valence-electron chi connectivity index (χ2n) is 5.89. The van der Waals surface area contributed by atoms with Crippen LogP contribution in [0.25, 0.3) is 0 Å². The minimum Gasteiger partial charge on any atom is -0.486 e. The third-order valence-corrected chi connectivity index (χ3v) is 4.68. The quantitative estimate of drug-likeness (QED) is 0.846. The number of nitrogens with zero attached hydrogens (tertiary/aromatic N) is 1. The van der Waals surface area contributed by atoms with Gasteiger partial charge in [-0.2, -0.15) is 0 Å². The molecule has 108 valence electrons. The van der Waals surface area contributed by atoms with Gasteiger partial charge in [-0.15, -0.1) is 0 Å². The normalized spacial score (nSPS) is 26.1. The van der Waals surface area contributed by atoms with E-state index in [0.29, 0.717) is 19.3 Å². The van der Waals surface area contributed by atoms with E-state index in [4.69, 9.17) is 9.47 Å². The molecule has 1 atom stereocenters. The van der Waals surface area contributed by atoms with E-state index in [1.807, 2.05) is 0 Å². The summed E-state index contributed by atoms with van der Waals surface area (Å²) >= 11 is 0. The molecule has 4 rings (SSSR count). The molecule has 20 heavy (non-hydrogen) atoms. The van der Waals surface area contributed by atoms with E-state index in [1.54, 1.807) is 0 Å². The summed E-state index contributed by atoms with van der Waals surface area (Å²) < 4.78 is 11.5. The van der Waals surface area contributed by atoms with Gasteiger partial charge in [0.15, 0.2) is 11.5 Å². The van der Waals surface area contributed by atoms with Crippen LogP contribution in [-0.2, 0) is 6.42 Å².